The van der Waals surface area contributed by atoms with Crippen molar-refractivity contribution < 1.29 is 14.7 Å². The van der Waals surface area contributed by atoms with Crippen molar-refractivity contribution in [1.82, 2.24) is 9.80 Å². The van der Waals surface area contributed by atoms with Gasteiger partial charge in [0.05, 0.1) is 0 Å². The molecular formula is C14H24N2O3. The summed E-state index contributed by atoms with van der Waals surface area (Å²) < 4.78 is 0. The summed E-state index contributed by atoms with van der Waals surface area (Å²) in [4.78, 5) is 26.5. The van der Waals surface area contributed by atoms with Gasteiger partial charge in [-0.3, -0.25) is 4.79 Å². The second-order valence-corrected chi connectivity index (χ2v) is 5.37. The molecule has 1 fully saturated rings. The molecule has 1 heterocycles. The zero-order valence-corrected chi connectivity index (χ0v) is 11.9. The number of hydrogen-bond acceptors (Lipinski definition) is 2. The van der Waals surface area contributed by atoms with E-state index in [0.717, 1.165) is 31.4 Å². The maximum atomic E-state index is 12.4. The van der Waals surface area contributed by atoms with Gasteiger partial charge in [0.2, 0.25) is 0 Å². The number of carboxylic acid groups (broad SMARTS) is 1. The van der Waals surface area contributed by atoms with Crippen molar-refractivity contribution in [2.24, 2.45) is 0 Å². The minimum absolute atomic E-state index is 0.0157. The minimum Gasteiger partial charge on any atom is -0.481 e. The smallest absolute Gasteiger partial charge is 0.320 e. The van der Waals surface area contributed by atoms with Gasteiger partial charge in [-0.25, -0.2) is 4.79 Å². The van der Waals surface area contributed by atoms with Crippen LogP contribution in [0.15, 0.2) is 12.2 Å². The van der Waals surface area contributed by atoms with Crippen LogP contribution in [0.5, 0.6) is 0 Å². The summed E-state index contributed by atoms with van der Waals surface area (Å²) in [6.07, 6.45) is 3.63. The van der Waals surface area contributed by atoms with Gasteiger partial charge in [0, 0.05) is 32.6 Å². The highest BCUT2D eigenvalue weighted by Gasteiger charge is 2.28. The number of carboxylic acids is 1. The largest absolute Gasteiger partial charge is 0.481 e. The van der Waals surface area contributed by atoms with E-state index in [1.54, 1.807) is 11.9 Å². The van der Waals surface area contributed by atoms with E-state index in [9.17, 15) is 9.59 Å². The summed E-state index contributed by atoms with van der Waals surface area (Å²) in [5.74, 6) is -0.798. The molecule has 0 aromatic carbocycles. The lowest BCUT2D eigenvalue weighted by atomic mass is 9.98. The van der Waals surface area contributed by atoms with Gasteiger partial charge in [0.15, 0.2) is 0 Å². The molecule has 0 spiro atoms. The molecule has 0 saturated carbocycles. The van der Waals surface area contributed by atoms with Crippen molar-refractivity contribution in [2.45, 2.75) is 45.1 Å². The van der Waals surface area contributed by atoms with Crippen LogP contribution in [-0.4, -0.2) is 53.1 Å². The molecule has 0 aromatic rings. The molecule has 1 N–H and O–H groups in total. The van der Waals surface area contributed by atoms with E-state index in [0.29, 0.717) is 13.0 Å². The third kappa shape index (κ3) is 4.93. The third-order valence-corrected chi connectivity index (χ3v) is 3.40. The molecule has 5 heteroatoms. The Hall–Kier alpha value is -1.52. The Morgan fingerprint density at radius 1 is 1.42 bits per heavy atom. The highest BCUT2D eigenvalue weighted by atomic mass is 16.4. The van der Waals surface area contributed by atoms with Crippen molar-refractivity contribution in [3.05, 3.63) is 12.2 Å². The summed E-state index contributed by atoms with van der Waals surface area (Å²) in [7, 11) is 1.76. The van der Waals surface area contributed by atoms with E-state index in [2.05, 4.69) is 6.58 Å². The second kappa shape index (κ2) is 7.16. The van der Waals surface area contributed by atoms with Crippen molar-refractivity contribution in [3.63, 3.8) is 0 Å². The van der Waals surface area contributed by atoms with Crippen LogP contribution in [0.2, 0.25) is 0 Å². The Balaban J connectivity index is 2.62. The van der Waals surface area contributed by atoms with Crippen LogP contribution in [-0.2, 0) is 4.79 Å². The zero-order chi connectivity index (χ0) is 14.4. The first kappa shape index (κ1) is 15.5. The quantitative estimate of drug-likeness (QED) is 0.778. The summed E-state index contributed by atoms with van der Waals surface area (Å²) in [5, 5.41) is 8.77. The Kier molecular flexibility index (Phi) is 5.86. The molecule has 0 bridgehead atoms. The number of urea groups is 1. The van der Waals surface area contributed by atoms with Gasteiger partial charge in [0.1, 0.15) is 0 Å². The molecule has 1 aliphatic rings. The van der Waals surface area contributed by atoms with Crippen LogP contribution < -0.4 is 0 Å². The SMILES string of the molecule is C=C(C)CN(C)C(=O)N1CCCCC1CCC(=O)O. The van der Waals surface area contributed by atoms with E-state index < -0.39 is 5.97 Å². The number of likely N-dealkylation sites (tertiary alicyclic amines) is 1. The molecule has 5 nitrogen and oxygen atoms in total. The number of aliphatic carboxylic acids is 1. The van der Waals surface area contributed by atoms with Gasteiger partial charge in [0.25, 0.3) is 0 Å². The molecule has 1 unspecified atom stereocenters. The average molecular weight is 268 g/mol. The highest BCUT2D eigenvalue weighted by molar-refractivity contribution is 5.75. The summed E-state index contributed by atoms with van der Waals surface area (Å²) in [6.45, 7) is 6.97. The van der Waals surface area contributed by atoms with Crippen LogP contribution in [0.4, 0.5) is 4.79 Å². The molecule has 0 radical (unpaired) electrons. The maximum absolute atomic E-state index is 12.4. The van der Waals surface area contributed by atoms with Gasteiger partial charge < -0.3 is 14.9 Å². The molecule has 108 valence electrons. The zero-order valence-electron chi connectivity index (χ0n) is 11.9. The number of nitrogens with zero attached hydrogens (tertiary/aromatic N) is 2. The number of carbonyl (C=O) groups is 2. The van der Waals surface area contributed by atoms with Crippen molar-refractivity contribution >= 4 is 12.0 Å². The number of rotatable bonds is 5. The van der Waals surface area contributed by atoms with E-state index in [-0.39, 0.29) is 18.5 Å². The molecule has 19 heavy (non-hydrogen) atoms. The Bertz CT molecular complexity index is 355. The van der Waals surface area contributed by atoms with Gasteiger partial charge in [-0.15, -0.1) is 0 Å². The summed E-state index contributed by atoms with van der Waals surface area (Å²) in [6, 6.07) is 0.0445. The van der Waals surface area contributed by atoms with Crippen LogP contribution in [0.25, 0.3) is 0 Å². The molecule has 2 amide bonds. The summed E-state index contributed by atoms with van der Waals surface area (Å²) >= 11 is 0. The lowest BCUT2D eigenvalue weighted by Crippen LogP contribution is -2.49. The first-order valence-electron chi connectivity index (χ1n) is 6.79. The predicted octanol–water partition coefficient (Wildman–Crippen LogP) is 2.33. The molecule has 1 rings (SSSR count). The first-order chi connectivity index (χ1) is 8.91. The average Bonchev–Trinajstić information content (AvgIpc) is 2.35. The third-order valence-electron chi connectivity index (χ3n) is 3.40. The Morgan fingerprint density at radius 2 is 2.11 bits per heavy atom. The van der Waals surface area contributed by atoms with E-state index in [4.69, 9.17) is 5.11 Å². The Labute approximate surface area is 114 Å². The van der Waals surface area contributed by atoms with E-state index >= 15 is 0 Å². The first-order valence-corrected chi connectivity index (χ1v) is 6.79. The lowest BCUT2D eigenvalue weighted by molar-refractivity contribution is -0.137. The van der Waals surface area contributed by atoms with Gasteiger partial charge in [-0.1, -0.05) is 12.2 Å². The van der Waals surface area contributed by atoms with Crippen LogP contribution in [0, 0.1) is 0 Å². The fourth-order valence-corrected chi connectivity index (χ4v) is 2.53. The van der Waals surface area contributed by atoms with Gasteiger partial charge in [-0.05, 0) is 32.6 Å². The number of amides is 2. The minimum atomic E-state index is -0.798. The van der Waals surface area contributed by atoms with E-state index in [1.807, 2.05) is 11.8 Å². The van der Waals surface area contributed by atoms with Gasteiger partial charge >= 0.3 is 12.0 Å². The van der Waals surface area contributed by atoms with Crippen LogP contribution in [0.1, 0.15) is 39.0 Å². The summed E-state index contributed by atoms with van der Waals surface area (Å²) in [5.41, 5.74) is 0.940. The molecule has 0 aliphatic carbocycles. The van der Waals surface area contributed by atoms with Gasteiger partial charge in [-0.2, -0.15) is 0 Å². The lowest BCUT2D eigenvalue weighted by Gasteiger charge is -2.38. The second-order valence-electron chi connectivity index (χ2n) is 5.37. The Morgan fingerprint density at radius 3 is 2.68 bits per heavy atom. The van der Waals surface area contributed by atoms with Crippen LogP contribution in [0.3, 0.4) is 0 Å². The van der Waals surface area contributed by atoms with E-state index in [1.165, 1.54) is 0 Å². The number of piperidine rings is 1. The van der Waals surface area contributed by atoms with Crippen molar-refractivity contribution in [3.8, 4) is 0 Å². The highest BCUT2D eigenvalue weighted by Crippen LogP contribution is 2.22. The molecule has 1 saturated heterocycles. The normalized spacial score (nSPS) is 19.1. The molecular weight excluding hydrogens is 244 g/mol. The number of hydrogen-bond donors (Lipinski definition) is 1. The maximum Gasteiger partial charge on any atom is 0.320 e. The van der Waals surface area contributed by atoms with Crippen molar-refractivity contribution in [2.75, 3.05) is 20.1 Å². The van der Waals surface area contributed by atoms with Crippen molar-refractivity contribution in [1.29, 1.82) is 0 Å². The number of carbonyl (C=O) groups excluding carboxylic acids is 1. The fraction of sp³-hybridized carbons (Fsp3) is 0.714. The predicted molar refractivity (Wildman–Crippen MR) is 74.1 cm³/mol. The molecule has 0 aromatic heterocycles. The topological polar surface area (TPSA) is 60.9 Å². The monoisotopic (exact) mass is 268 g/mol. The van der Waals surface area contributed by atoms with Crippen LogP contribution >= 0.6 is 0 Å². The standard InChI is InChI=1S/C14H24N2O3/c1-11(2)10-15(3)14(19)16-9-5-4-6-12(16)7-8-13(17)18/h12H,1,4-10H2,2-3H3,(H,17,18). The fourth-order valence-electron chi connectivity index (χ4n) is 2.53. The molecule has 1 atom stereocenters. The molecule has 1 aliphatic heterocycles. The number of likely N-dealkylation sites (N-methyl/N-ethyl adjacent to an activating group) is 1.